The monoisotopic (exact) mass is 427 g/mol. The van der Waals surface area contributed by atoms with Crippen molar-refractivity contribution in [2.75, 3.05) is 12.4 Å². The molecule has 0 unspecified atom stereocenters. The van der Waals surface area contributed by atoms with Gasteiger partial charge in [-0.3, -0.25) is 4.79 Å². The highest BCUT2D eigenvalue weighted by molar-refractivity contribution is 7.17. The SMILES string of the molecule is COC(=O)c1c(NC(=O)c2c(C)cc(C)cc2C)sc(C)c1-c1cccc(Cl)c1. The van der Waals surface area contributed by atoms with Crippen molar-refractivity contribution in [3.05, 3.63) is 74.1 Å². The van der Waals surface area contributed by atoms with Crippen molar-refractivity contribution >= 4 is 39.8 Å². The third kappa shape index (κ3) is 4.21. The molecule has 3 rings (SSSR count). The number of thiophene rings is 1. The molecule has 6 heteroatoms. The fraction of sp³-hybridized carbons (Fsp3) is 0.217. The van der Waals surface area contributed by atoms with E-state index in [1.807, 2.05) is 52.0 Å². The van der Waals surface area contributed by atoms with Gasteiger partial charge in [-0.05, 0) is 56.5 Å². The Kier molecular flexibility index (Phi) is 6.10. The van der Waals surface area contributed by atoms with Gasteiger partial charge in [-0.1, -0.05) is 41.4 Å². The van der Waals surface area contributed by atoms with Crippen LogP contribution in [0.1, 0.15) is 42.3 Å². The number of nitrogens with one attached hydrogen (secondary N) is 1. The van der Waals surface area contributed by atoms with E-state index in [0.29, 0.717) is 21.2 Å². The maximum Gasteiger partial charge on any atom is 0.341 e. The van der Waals surface area contributed by atoms with Crippen molar-refractivity contribution in [3.63, 3.8) is 0 Å². The van der Waals surface area contributed by atoms with Gasteiger partial charge in [0.25, 0.3) is 5.91 Å². The molecule has 0 fully saturated rings. The van der Waals surface area contributed by atoms with Crippen LogP contribution in [0.4, 0.5) is 5.00 Å². The van der Waals surface area contributed by atoms with Crippen molar-refractivity contribution in [2.45, 2.75) is 27.7 Å². The van der Waals surface area contributed by atoms with Gasteiger partial charge in [-0.2, -0.15) is 0 Å². The number of carbonyl (C=O) groups excluding carboxylic acids is 2. The Balaban J connectivity index is 2.10. The quantitative estimate of drug-likeness (QED) is 0.494. The molecule has 0 atom stereocenters. The number of amides is 1. The van der Waals surface area contributed by atoms with Crippen molar-refractivity contribution in [1.29, 1.82) is 0 Å². The molecule has 0 bridgehead atoms. The van der Waals surface area contributed by atoms with Gasteiger partial charge in [0.2, 0.25) is 0 Å². The molecule has 4 nitrogen and oxygen atoms in total. The summed E-state index contributed by atoms with van der Waals surface area (Å²) in [7, 11) is 1.33. The summed E-state index contributed by atoms with van der Waals surface area (Å²) < 4.78 is 5.02. The molecule has 0 saturated heterocycles. The zero-order chi connectivity index (χ0) is 21.3. The fourth-order valence-electron chi connectivity index (χ4n) is 3.62. The predicted octanol–water partition coefficient (Wildman–Crippen LogP) is 6.34. The van der Waals surface area contributed by atoms with E-state index in [0.717, 1.165) is 32.7 Å². The first-order valence-electron chi connectivity index (χ1n) is 9.09. The maximum absolute atomic E-state index is 13.1. The number of esters is 1. The lowest BCUT2D eigenvalue weighted by atomic mass is 9.99. The highest BCUT2D eigenvalue weighted by Gasteiger charge is 2.26. The number of ether oxygens (including phenoxy) is 1. The molecule has 150 valence electrons. The molecule has 29 heavy (non-hydrogen) atoms. The van der Waals surface area contributed by atoms with E-state index in [-0.39, 0.29) is 5.91 Å². The summed E-state index contributed by atoms with van der Waals surface area (Å²) in [5, 5.41) is 3.97. The van der Waals surface area contributed by atoms with Crippen LogP contribution in [0.25, 0.3) is 11.1 Å². The van der Waals surface area contributed by atoms with Crippen molar-refractivity contribution in [1.82, 2.24) is 0 Å². The Morgan fingerprint density at radius 2 is 1.66 bits per heavy atom. The zero-order valence-electron chi connectivity index (χ0n) is 17.0. The van der Waals surface area contributed by atoms with Crippen LogP contribution in [-0.2, 0) is 4.74 Å². The van der Waals surface area contributed by atoms with Gasteiger partial charge in [0.15, 0.2) is 0 Å². The minimum absolute atomic E-state index is 0.246. The van der Waals surface area contributed by atoms with E-state index in [2.05, 4.69) is 5.32 Å². The Bertz CT molecular complexity index is 1090. The molecule has 2 aromatic carbocycles. The highest BCUT2D eigenvalue weighted by Crippen LogP contribution is 2.41. The van der Waals surface area contributed by atoms with Crippen LogP contribution in [0.15, 0.2) is 36.4 Å². The van der Waals surface area contributed by atoms with Crippen LogP contribution in [0.2, 0.25) is 5.02 Å². The van der Waals surface area contributed by atoms with Crippen LogP contribution in [-0.4, -0.2) is 19.0 Å². The molecule has 1 aromatic heterocycles. The number of halogens is 1. The second-order valence-corrected chi connectivity index (χ2v) is 8.63. The average Bonchev–Trinajstić information content (AvgIpc) is 2.95. The predicted molar refractivity (Wildman–Crippen MR) is 119 cm³/mol. The Hall–Kier alpha value is -2.63. The van der Waals surface area contributed by atoms with Crippen LogP contribution >= 0.6 is 22.9 Å². The van der Waals surface area contributed by atoms with E-state index in [4.69, 9.17) is 16.3 Å². The molecular formula is C23H22ClNO3S. The normalized spacial score (nSPS) is 10.7. The van der Waals surface area contributed by atoms with E-state index in [1.165, 1.54) is 18.4 Å². The first kappa shape index (κ1) is 21.1. The van der Waals surface area contributed by atoms with Crippen LogP contribution in [0, 0.1) is 27.7 Å². The number of methoxy groups -OCH3 is 1. The molecule has 0 saturated carbocycles. The molecule has 0 spiro atoms. The van der Waals surface area contributed by atoms with Gasteiger partial charge in [0.1, 0.15) is 10.6 Å². The second kappa shape index (κ2) is 8.39. The molecule has 1 N–H and O–H groups in total. The van der Waals surface area contributed by atoms with Crippen molar-refractivity contribution in [2.24, 2.45) is 0 Å². The molecule has 0 aliphatic heterocycles. The summed E-state index contributed by atoms with van der Waals surface area (Å²) in [6.07, 6.45) is 0. The summed E-state index contributed by atoms with van der Waals surface area (Å²) in [6.45, 7) is 7.72. The minimum Gasteiger partial charge on any atom is -0.465 e. The van der Waals surface area contributed by atoms with Gasteiger partial charge >= 0.3 is 5.97 Å². The van der Waals surface area contributed by atoms with E-state index < -0.39 is 5.97 Å². The highest BCUT2D eigenvalue weighted by atomic mass is 35.5. The minimum atomic E-state index is -0.503. The van der Waals surface area contributed by atoms with Crippen LogP contribution < -0.4 is 5.32 Å². The van der Waals surface area contributed by atoms with E-state index in [9.17, 15) is 9.59 Å². The number of anilines is 1. The first-order chi connectivity index (χ1) is 13.7. The molecule has 0 aliphatic carbocycles. The first-order valence-corrected chi connectivity index (χ1v) is 10.3. The summed E-state index contributed by atoms with van der Waals surface area (Å²) >= 11 is 7.50. The summed E-state index contributed by atoms with van der Waals surface area (Å²) in [6, 6.07) is 11.2. The van der Waals surface area contributed by atoms with Gasteiger partial charge in [-0.15, -0.1) is 11.3 Å². The lowest BCUT2D eigenvalue weighted by molar-refractivity contribution is 0.0603. The number of hydrogen-bond donors (Lipinski definition) is 1. The van der Waals surface area contributed by atoms with E-state index >= 15 is 0 Å². The van der Waals surface area contributed by atoms with Gasteiger partial charge in [-0.25, -0.2) is 4.79 Å². The Morgan fingerprint density at radius 3 is 2.24 bits per heavy atom. The molecule has 1 heterocycles. The smallest absolute Gasteiger partial charge is 0.341 e. The van der Waals surface area contributed by atoms with Crippen LogP contribution in [0.3, 0.4) is 0 Å². The van der Waals surface area contributed by atoms with E-state index in [1.54, 1.807) is 12.1 Å². The number of rotatable bonds is 4. The lowest BCUT2D eigenvalue weighted by Gasteiger charge is -2.12. The summed E-state index contributed by atoms with van der Waals surface area (Å²) in [5.74, 6) is -0.749. The molecule has 3 aromatic rings. The van der Waals surface area contributed by atoms with Crippen LogP contribution in [0.5, 0.6) is 0 Å². The maximum atomic E-state index is 13.1. The van der Waals surface area contributed by atoms with Gasteiger partial charge in [0, 0.05) is 21.0 Å². The average molecular weight is 428 g/mol. The Morgan fingerprint density at radius 1 is 1.00 bits per heavy atom. The Labute approximate surface area is 179 Å². The number of benzene rings is 2. The van der Waals surface area contributed by atoms with Crippen molar-refractivity contribution in [3.8, 4) is 11.1 Å². The second-order valence-electron chi connectivity index (χ2n) is 6.97. The molecular weight excluding hydrogens is 406 g/mol. The molecule has 0 radical (unpaired) electrons. The lowest BCUT2D eigenvalue weighted by Crippen LogP contribution is -2.16. The standard InChI is InChI=1S/C23H22ClNO3S/c1-12-9-13(2)18(14(3)10-12)21(26)25-22-20(23(27)28-5)19(15(4)29-22)16-7-6-8-17(24)11-16/h6-11H,1-5H3,(H,25,26). The topological polar surface area (TPSA) is 55.4 Å². The molecule has 1 amide bonds. The third-order valence-corrected chi connectivity index (χ3v) is 5.97. The zero-order valence-corrected chi connectivity index (χ0v) is 18.5. The largest absolute Gasteiger partial charge is 0.465 e. The molecule has 0 aliphatic rings. The number of carbonyl (C=O) groups is 2. The fourth-order valence-corrected chi connectivity index (χ4v) is 4.87. The van der Waals surface area contributed by atoms with Crippen molar-refractivity contribution < 1.29 is 14.3 Å². The van der Waals surface area contributed by atoms with Gasteiger partial charge < -0.3 is 10.1 Å². The summed E-state index contributed by atoms with van der Waals surface area (Å²) in [4.78, 5) is 26.6. The third-order valence-electron chi connectivity index (χ3n) is 4.72. The number of aryl methyl sites for hydroxylation is 4. The van der Waals surface area contributed by atoms with Gasteiger partial charge in [0.05, 0.1) is 7.11 Å². The number of hydrogen-bond acceptors (Lipinski definition) is 4. The summed E-state index contributed by atoms with van der Waals surface area (Å²) in [5.41, 5.74) is 5.36.